The van der Waals surface area contributed by atoms with Crippen molar-refractivity contribution >= 4 is 16.8 Å². The van der Waals surface area contributed by atoms with Gasteiger partial charge in [0.25, 0.3) is 0 Å². The Kier molecular flexibility index (Phi) is 4.01. The molecule has 1 aromatic carbocycles. The molecule has 4 nitrogen and oxygen atoms in total. The van der Waals surface area contributed by atoms with Crippen molar-refractivity contribution in [3.05, 3.63) is 46.8 Å². The first-order chi connectivity index (χ1) is 10.6. The third kappa shape index (κ3) is 2.65. The molecule has 0 unspecified atom stereocenters. The van der Waals surface area contributed by atoms with Gasteiger partial charge < -0.3 is 9.47 Å². The Labute approximate surface area is 130 Å². The van der Waals surface area contributed by atoms with Crippen molar-refractivity contribution in [3.63, 3.8) is 0 Å². The van der Waals surface area contributed by atoms with E-state index in [1.165, 1.54) is 0 Å². The second kappa shape index (κ2) is 5.95. The van der Waals surface area contributed by atoms with Crippen molar-refractivity contribution in [2.45, 2.75) is 39.3 Å². The fourth-order valence-corrected chi connectivity index (χ4v) is 3.43. The molecular formula is C18H22N2O2. The molecule has 4 heteroatoms. The lowest BCUT2D eigenvalue weighted by molar-refractivity contribution is -0.133. The van der Waals surface area contributed by atoms with Crippen LogP contribution >= 0.6 is 0 Å². The Bertz CT molecular complexity index is 748. The van der Waals surface area contributed by atoms with Crippen LogP contribution in [0.3, 0.4) is 0 Å². The second-order valence-electron chi connectivity index (χ2n) is 6.37. The second-order valence-corrected chi connectivity index (χ2v) is 6.37. The van der Waals surface area contributed by atoms with E-state index < -0.39 is 0 Å². The first kappa shape index (κ1) is 14.8. The summed E-state index contributed by atoms with van der Waals surface area (Å²) in [7, 11) is 0. The monoisotopic (exact) mass is 298 g/mol. The molecule has 0 bridgehead atoms. The number of benzene rings is 1. The number of carbonyl (C=O) groups is 1. The maximum absolute atomic E-state index is 12.7. The first-order valence-corrected chi connectivity index (χ1v) is 7.95. The topological polar surface area (TPSA) is 42.3 Å². The van der Waals surface area contributed by atoms with E-state index in [2.05, 4.69) is 13.8 Å². The Morgan fingerprint density at radius 2 is 2.05 bits per heavy atom. The van der Waals surface area contributed by atoms with Gasteiger partial charge in [-0.2, -0.15) is 0 Å². The SMILES string of the molecule is CC(C)[C@@H]1CCCN1C(=O)Cn1ccc(=O)c2ccccc21. The van der Waals surface area contributed by atoms with Gasteiger partial charge in [-0.25, -0.2) is 0 Å². The first-order valence-electron chi connectivity index (χ1n) is 7.95. The standard InChI is InChI=1S/C18H22N2O2/c1-13(2)15-8-5-10-20(15)18(22)12-19-11-9-17(21)14-6-3-4-7-16(14)19/h3-4,6-7,9,11,13,15H,5,8,10,12H2,1-2H3/t15-/m0/s1. The van der Waals surface area contributed by atoms with Gasteiger partial charge in [-0.15, -0.1) is 0 Å². The molecule has 0 N–H and O–H groups in total. The summed E-state index contributed by atoms with van der Waals surface area (Å²) in [6.07, 6.45) is 3.90. The molecule has 0 aliphatic carbocycles. The molecule has 1 fully saturated rings. The van der Waals surface area contributed by atoms with Gasteiger partial charge in [0, 0.05) is 30.2 Å². The highest BCUT2D eigenvalue weighted by Gasteiger charge is 2.30. The molecule has 0 radical (unpaired) electrons. The number of hydrogen-bond acceptors (Lipinski definition) is 2. The van der Waals surface area contributed by atoms with Crippen LogP contribution < -0.4 is 5.43 Å². The van der Waals surface area contributed by atoms with Crippen LogP contribution in [0.15, 0.2) is 41.3 Å². The largest absolute Gasteiger partial charge is 0.338 e. The number of aromatic nitrogens is 1. The van der Waals surface area contributed by atoms with E-state index in [1.54, 1.807) is 12.3 Å². The zero-order chi connectivity index (χ0) is 15.7. The lowest BCUT2D eigenvalue weighted by atomic mass is 10.0. The van der Waals surface area contributed by atoms with E-state index in [0.717, 1.165) is 24.9 Å². The fourth-order valence-electron chi connectivity index (χ4n) is 3.43. The van der Waals surface area contributed by atoms with Gasteiger partial charge in [0.05, 0.1) is 5.52 Å². The number of rotatable bonds is 3. The van der Waals surface area contributed by atoms with E-state index in [1.807, 2.05) is 33.7 Å². The Morgan fingerprint density at radius 1 is 1.27 bits per heavy atom. The highest BCUT2D eigenvalue weighted by atomic mass is 16.2. The zero-order valence-electron chi connectivity index (χ0n) is 13.2. The Morgan fingerprint density at radius 3 is 2.82 bits per heavy atom. The van der Waals surface area contributed by atoms with Crippen LogP contribution in [-0.4, -0.2) is 28.0 Å². The van der Waals surface area contributed by atoms with Gasteiger partial charge in [0.1, 0.15) is 6.54 Å². The highest BCUT2D eigenvalue weighted by molar-refractivity contribution is 5.82. The van der Waals surface area contributed by atoms with Crippen LogP contribution in [0.5, 0.6) is 0 Å². The number of amides is 1. The predicted molar refractivity (Wildman–Crippen MR) is 87.8 cm³/mol. The summed E-state index contributed by atoms with van der Waals surface area (Å²) < 4.78 is 1.88. The average molecular weight is 298 g/mol. The minimum absolute atomic E-state index is 0.000489. The van der Waals surface area contributed by atoms with Gasteiger partial charge in [0.2, 0.25) is 5.91 Å². The number of pyridine rings is 1. The maximum atomic E-state index is 12.7. The summed E-state index contributed by atoms with van der Waals surface area (Å²) in [5, 5.41) is 0.666. The van der Waals surface area contributed by atoms with Crippen LogP contribution in [0.1, 0.15) is 26.7 Å². The van der Waals surface area contributed by atoms with Gasteiger partial charge in [-0.05, 0) is 30.9 Å². The summed E-state index contributed by atoms with van der Waals surface area (Å²) in [6.45, 7) is 5.49. The molecular weight excluding hydrogens is 276 g/mol. The van der Waals surface area contributed by atoms with Crippen LogP contribution in [0.25, 0.3) is 10.9 Å². The molecule has 0 saturated carbocycles. The van der Waals surface area contributed by atoms with Crippen molar-refractivity contribution in [3.8, 4) is 0 Å². The minimum atomic E-state index is 0.000489. The number of hydrogen-bond donors (Lipinski definition) is 0. The van der Waals surface area contributed by atoms with Crippen LogP contribution in [-0.2, 0) is 11.3 Å². The van der Waals surface area contributed by atoms with Gasteiger partial charge >= 0.3 is 0 Å². The summed E-state index contributed by atoms with van der Waals surface area (Å²) in [5.74, 6) is 0.627. The van der Waals surface area contributed by atoms with E-state index in [9.17, 15) is 9.59 Å². The van der Waals surface area contributed by atoms with Gasteiger partial charge in [-0.3, -0.25) is 9.59 Å². The van der Waals surface area contributed by atoms with Crippen molar-refractivity contribution in [1.29, 1.82) is 0 Å². The average Bonchev–Trinajstić information content (AvgIpc) is 3.00. The smallest absolute Gasteiger partial charge is 0.242 e. The summed E-state index contributed by atoms with van der Waals surface area (Å²) in [6, 6.07) is 9.35. The number of likely N-dealkylation sites (tertiary alicyclic amines) is 1. The molecule has 1 aliphatic rings. The normalized spacial score (nSPS) is 18.3. The minimum Gasteiger partial charge on any atom is -0.338 e. The third-order valence-corrected chi connectivity index (χ3v) is 4.58. The van der Waals surface area contributed by atoms with Gasteiger partial charge in [0.15, 0.2) is 5.43 Å². The lowest BCUT2D eigenvalue weighted by Gasteiger charge is -2.28. The molecule has 1 amide bonds. The Balaban J connectivity index is 1.89. The third-order valence-electron chi connectivity index (χ3n) is 4.58. The Hall–Kier alpha value is -2.10. The van der Waals surface area contributed by atoms with Crippen molar-refractivity contribution in [2.24, 2.45) is 5.92 Å². The molecule has 22 heavy (non-hydrogen) atoms. The molecule has 0 spiro atoms. The molecule has 116 valence electrons. The van der Waals surface area contributed by atoms with E-state index >= 15 is 0 Å². The summed E-state index contributed by atoms with van der Waals surface area (Å²) in [5.41, 5.74) is 0.823. The molecule has 1 aromatic heterocycles. The lowest BCUT2D eigenvalue weighted by Crippen LogP contribution is -2.40. The van der Waals surface area contributed by atoms with E-state index in [4.69, 9.17) is 0 Å². The molecule has 1 saturated heterocycles. The fraction of sp³-hybridized carbons (Fsp3) is 0.444. The molecule has 1 atom stereocenters. The number of para-hydroxylation sites is 1. The van der Waals surface area contributed by atoms with Crippen molar-refractivity contribution in [1.82, 2.24) is 9.47 Å². The number of carbonyl (C=O) groups excluding carboxylic acids is 1. The summed E-state index contributed by atoms with van der Waals surface area (Å²) >= 11 is 0. The maximum Gasteiger partial charge on any atom is 0.242 e. The number of fused-ring (bicyclic) bond motifs is 1. The van der Waals surface area contributed by atoms with Gasteiger partial charge in [-0.1, -0.05) is 26.0 Å². The zero-order valence-corrected chi connectivity index (χ0v) is 13.2. The van der Waals surface area contributed by atoms with E-state index in [-0.39, 0.29) is 11.3 Å². The quantitative estimate of drug-likeness (QED) is 0.874. The van der Waals surface area contributed by atoms with Crippen LogP contribution in [0, 0.1) is 5.92 Å². The molecule has 2 heterocycles. The molecule has 3 rings (SSSR count). The number of nitrogens with zero attached hydrogens (tertiary/aromatic N) is 2. The summed E-state index contributed by atoms with van der Waals surface area (Å²) in [4.78, 5) is 26.6. The van der Waals surface area contributed by atoms with Crippen LogP contribution in [0.4, 0.5) is 0 Å². The van der Waals surface area contributed by atoms with E-state index in [0.29, 0.717) is 23.9 Å². The highest BCUT2D eigenvalue weighted by Crippen LogP contribution is 2.24. The predicted octanol–water partition coefficient (Wildman–Crippen LogP) is 2.65. The van der Waals surface area contributed by atoms with Crippen molar-refractivity contribution < 1.29 is 4.79 Å². The van der Waals surface area contributed by atoms with Crippen LogP contribution in [0.2, 0.25) is 0 Å². The van der Waals surface area contributed by atoms with Crippen molar-refractivity contribution in [2.75, 3.05) is 6.54 Å². The molecule has 1 aliphatic heterocycles. The molecule has 2 aromatic rings.